The standard InChI is InChI=1S/C52H32N2S/c1-2-11-36-32-37(21-20-33(36)10-1)34-22-26-39(27-23-34)54-46-17-6-3-12-41(46)43-30-31-48-50(51(43)54)45-14-4-7-18-47(45)53(48)38-28-24-35(25-29-38)40-15-9-16-44-42-13-5-8-19-49(42)55-52(40)44/h1-32H. The Hall–Kier alpha value is -6.94. The minimum absolute atomic E-state index is 1.15. The highest BCUT2D eigenvalue weighted by molar-refractivity contribution is 7.26. The summed E-state index contributed by atoms with van der Waals surface area (Å²) in [5.74, 6) is 0. The summed E-state index contributed by atoms with van der Waals surface area (Å²) in [5, 5.41) is 10.2. The van der Waals surface area contributed by atoms with Gasteiger partial charge in [-0.05, 0) is 87.6 Å². The predicted octanol–water partition coefficient (Wildman–Crippen LogP) is 14.7. The third-order valence-corrected chi connectivity index (χ3v) is 12.7. The van der Waals surface area contributed by atoms with E-state index in [4.69, 9.17) is 0 Å². The quantitative estimate of drug-likeness (QED) is 0.172. The molecule has 55 heavy (non-hydrogen) atoms. The topological polar surface area (TPSA) is 9.86 Å². The van der Waals surface area contributed by atoms with E-state index >= 15 is 0 Å². The normalized spacial score (nSPS) is 12.0. The number of benzene rings is 9. The van der Waals surface area contributed by atoms with Crippen LogP contribution in [0.2, 0.25) is 0 Å². The Balaban J connectivity index is 1.04. The van der Waals surface area contributed by atoms with Crippen molar-refractivity contribution in [3.63, 3.8) is 0 Å². The lowest BCUT2D eigenvalue weighted by atomic mass is 10.0. The third kappa shape index (κ3) is 4.54. The van der Waals surface area contributed by atoms with Crippen molar-refractivity contribution in [1.82, 2.24) is 9.13 Å². The van der Waals surface area contributed by atoms with E-state index in [9.17, 15) is 0 Å². The highest BCUT2D eigenvalue weighted by Gasteiger charge is 2.21. The van der Waals surface area contributed by atoms with E-state index in [1.54, 1.807) is 0 Å². The van der Waals surface area contributed by atoms with E-state index in [0.717, 1.165) is 11.4 Å². The molecular formula is C52H32N2S. The first-order chi connectivity index (χ1) is 27.3. The van der Waals surface area contributed by atoms with Crippen LogP contribution in [0.3, 0.4) is 0 Å². The van der Waals surface area contributed by atoms with Crippen LogP contribution in [0.15, 0.2) is 194 Å². The predicted molar refractivity (Wildman–Crippen MR) is 236 cm³/mol. The smallest absolute Gasteiger partial charge is 0.0641 e. The van der Waals surface area contributed by atoms with Gasteiger partial charge in [-0.2, -0.15) is 0 Å². The monoisotopic (exact) mass is 716 g/mol. The minimum atomic E-state index is 1.15. The van der Waals surface area contributed by atoms with Crippen molar-refractivity contribution >= 4 is 85.9 Å². The molecule has 0 bridgehead atoms. The van der Waals surface area contributed by atoms with Crippen molar-refractivity contribution in [3.8, 4) is 33.6 Å². The number of hydrogen-bond donors (Lipinski definition) is 0. The Bertz CT molecular complexity index is 3470. The lowest BCUT2D eigenvalue weighted by Gasteiger charge is -2.12. The summed E-state index contributed by atoms with van der Waals surface area (Å²) in [7, 11) is 0. The maximum absolute atomic E-state index is 2.47. The average molecular weight is 717 g/mol. The van der Waals surface area contributed by atoms with E-state index in [0.29, 0.717) is 0 Å². The molecule has 9 aromatic carbocycles. The van der Waals surface area contributed by atoms with Crippen LogP contribution in [0.1, 0.15) is 0 Å². The summed E-state index contributed by atoms with van der Waals surface area (Å²) in [5.41, 5.74) is 12.1. The second kappa shape index (κ2) is 11.8. The van der Waals surface area contributed by atoms with Gasteiger partial charge in [0.1, 0.15) is 0 Å². The molecule has 0 aliphatic heterocycles. The third-order valence-electron chi connectivity index (χ3n) is 11.5. The Morgan fingerprint density at radius 1 is 0.345 bits per heavy atom. The van der Waals surface area contributed by atoms with Crippen molar-refractivity contribution in [2.45, 2.75) is 0 Å². The van der Waals surface area contributed by atoms with Crippen LogP contribution >= 0.6 is 11.3 Å². The molecule has 3 heteroatoms. The number of rotatable bonds is 4. The summed E-state index contributed by atoms with van der Waals surface area (Å²) >= 11 is 1.88. The van der Waals surface area contributed by atoms with Gasteiger partial charge in [0.25, 0.3) is 0 Å². The molecule has 0 atom stereocenters. The second-order valence-corrected chi connectivity index (χ2v) is 15.5. The van der Waals surface area contributed by atoms with E-state index in [1.807, 2.05) is 11.3 Å². The maximum Gasteiger partial charge on any atom is 0.0641 e. The summed E-state index contributed by atoms with van der Waals surface area (Å²) < 4.78 is 7.59. The highest BCUT2D eigenvalue weighted by Crippen LogP contribution is 2.43. The van der Waals surface area contributed by atoms with Gasteiger partial charge in [-0.15, -0.1) is 11.3 Å². The molecule has 12 rings (SSSR count). The van der Waals surface area contributed by atoms with E-state index in [2.05, 4.69) is 203 Å². The molecule has 3 aromatic heterocycles. The number of aromatic nitrogens is 2. The molecule has 0 amide bonds. The molecule has 0 aliphatic carbocycles. The number of thiophene rings is 1. The van der Waals surface area contributed by atoms with Gasteiger partial charge >= 0.3 is 0 Å². The second-order valence-electron chi connectivity index (χ2n) is 14.5. The fraction of sp³-hybridized carbons (Fsp3) is 0. The van der Waals surface area contributed by atoms with Gasteiger partial charge < -0.3 is 9.13 Å². The number of para-hydroxylation sites is 2. The Labute approximate surface area is 321 Å². The van der Waals surface area contributed by atoms with Crippen LogP contribution in [0.4, 0.5) is 0 Å². The van der Waals surface area contributed by atoms with Crippen molar-refractivity contribution in [1.29, 1.82) is 0 Å². The van der Waals surface area contributed by atoms with E-state index in [1.165, 1.54) is 96.8 Å². The first kappa shape index (κ1) is 30.5. The van der Waals surface area contributed by atoms with Crippen LogP contribution in [-0.2, 0) is 0 Å². The Kier molecular flexibility index (Phi) is 6.54. The zero-order valence-electron chi connectivity index (χ0n) is 29.8. The summed E-state index contributed by atoms with van der Waals surface area (Å²) in [6, 6.07) is 71.4. The average Bonchev–Trinajstić information content (AvgIpc) is 3.91. The Morgan fingerprint density at radius 3 is 1.78 bits per heavy atom. The van der Waals surface area contributed by atoms with Crippen LogP contribution in [0.25, 0.3) is 108 Å². The van der Waals surface area contributed by atoms with Gasteiger partial charge in [0.2, 0.25) is 0 Å². The zero-order chi connectivity index (χ0) is 36.0. The molecule has 2 nitrogen and oxygen atoms in total. The van der Waals surface area contributed by atoms with Crippen molar-refractivity contribution in [2.75, 3.05) is 0 Å². The molecule has 0 fully saturated rings. The molecule has 0 saturated heterocycles. The molecule has 0 N–H and O–H groups in total. The molecule has 256 valence electrons. The Morgan fingerprint density at radius 2 is 0.964 bits per heavy atom. The van der Waals surface area contributed by atoms with E-state index < -0.39 is 0 Å². The molecule has 0 unspecified atom stereocenters. The van der Waals surface area contributed by atoms with Crippen LogP contribution in [0, 0.1) is 0 Å². The minimum Gasteiger partial charge on any atom is -0.309 e. The fourth-order valence-electron chi connectivity index (χ4n) is 8.99. The SMILES string of the molecule is c1ccc2cc(-c3ccc(-n4c5ccccc5c5ccc6c(c7ccccc7n6-c6ccc(-c7cccc8c7sc7ccccc78)cc6)c54)cc3)ccc2c1. The summed E-state index contributed by atoms with van der Waals surface area (Å²) in [6.45, 7) is 0. The van der Waals surface area contributed by atoms with Crippen LogP contribution in [0.5, 0.6) is 0 Å². The first-order valence-corrected chi connectivity index (χ1v) is 19.7. The molecule has 0 spiro atoms. The van der Waals surface area contributed by atoms with Gasteiger partial charge in [-0.25, -0.2) is 0 Å². The summed E-state index contributed by atoms with van der Waals surface area (Å²) in [6.07, 6.45) is 0. The van der Waals surface area contributed by atoms with E-state index in [-0.39, 0.29) is 0 Å². The highest BCUT2D eigenvalue weighted by atomic mass is 32.1. The molecular weight excluding hydrogens is 685 g/mol. The zero-order valence-corrected chi connectivity index (χ0v) is 30.6. The maximum atomic E-state index is 2.47. The first-order valence-electron chi connectivity index (χ1n) is 18.8. The fourth-order valence-corrected chi connectivity index (χ4v) is 10.2. The molecule has 3 heterocycles. The van der Waals surface area contributed by atoms with Gasteiger partial charge in [0.15, 0.2) is 0 Å². The van der Waals surface area contributed by atoms with Gasteiger partial charge in [-0.1, -0.05) is 140 Å². The number of nitrogens with zero attached hydrogens (tertiary/aromatic N) is 2. The lowest BCUT2D eigenvalue weighted by Crippen LogP contribution is -1.95. The van der Waals surface area contributed by atoms with Crippen LogP contribution in [-0.4, -0.2) is 9.13 Å². The molecule has 0 saturated carbocycles. The molecule has 0 radical (unpaired) electrons. The van der Waals surface area contributed by atoms with Gasteiger partial charge in [-0.3, -0.25) is 0 Å². The summed E-state index contributed by atoms with van der Waals surface area (Å²) in [4.78, 5) is 0. The molecule has 0 aliphatic rings. The largest absolute Gasteiger partial charge is 0.309 e. The van der Waals surface area contributed by atoms with Gasteiger partial charge in [0, 0.05) is 53.1 Å². The van der Waals surface area contributed by atoms with Crippen molar-refractivity contribution < 1.29 is 0 Å². The lowest BCUT2D eigenvalue weighted by molar-refractivity contribution is 1.17. The molecule has 12 aromatic rings. The number of fused-ring (bicyclic) bond motifs is 11. The van der Waals surface area contributed by atoms with Crippen LogP contribution < -0.4 is 0 Å². The van der Waals surface area contributed by atoms with Crippen molar-refractivity contribution in [3.05, 3.63) is 194 Å². The van der Waals surface area contributed by atoms with Gasteiger partial charge in [0.05, 0.1) is 22.1 Å². The number of hydrogen-bond acceptors (Lipinski definition) is 1. The van der Waals surface area contributed by atoms with Crippen molar-refractivity contribution in [2.24, 2.45) is 0 Å².